The molecule has 0 aliphatic carbocycles. The van der Waals surface area contributed by atoms with Gasteiger partial charge in [0.15, 0.2) is 6.10 Å². The zero-order chi connectivity index (χ0) is 57.8. The van der Waals surface area contributed by atoms with Crippen molar-refractivity contribution in [3.8, 4) is 0 Å². The zero-order valence-electron chi connectivity index (χ0n) is 52.0. The maximum Gasteiger partial charge on any atom is 0.306 e. The van der Waals surface area contributed by atoms with E-state index in [9.17, 15) is 14.4 Å². The van der Waals surface area contributed by atoms with Crippen molar-refractivity contribution < 1.29 is 28.6 Å². The molecule has 0 saturated heterocycles. The van der Waals surface area contributed by atoms with Crippen LogP contribution in [-0.2, 0) is 28.6 Å². The molecule has 80 heavy (non-hydrogen) atoms. The fourth-order valence-electron chi connectivity index (χ4n) is 8.94. The van der Waals surface area contributed by atoms with Crippen LogP contribution in [0.4, 0.5) is 0 Å². The lowest BCUT2D eigenvalue weighted by atomic mass is 10.1. The van der Waals surface area contributed by atoms with Crippen LogP contribution in [0.25, 0.3) is 0 Å². The highest BCUT2D eigenvalue weighted by Crippen LogP contribution is 2.15. The maximum atomic E-state index is 12.9. The first-order valence-electron chi connectivity index (χ1n) is 33.2. The number of hydrogen-bond donors (Lipinski definition) is 0. The Kier molecular flexibility index (Phi) is 63.3. The second-order valence-electron chi connectivity index (χ2n) is 21.6. The average Bonchev–Trinajstić information content (AvgIpc) is 3.46. The van der Waals surface area contributed by atoms with Crippen LogP contribution < -0.4 is 0 Å². The molecule has 0 radical (unpaired) electrons. The van der Waals surface area contributed by atoms with E-state index in [1.54, 1.807) is 0 Å². The van der Waals surface area contributed by atoms with Crippen molar-refractivity contribution in [3.63, 3.8) is 0 Å². The average molecular weight is 1110 g/mol. The zero-order valence-corrected chi connectivity index (χ0v) is 52.0. The molecule has 454 valence electrons. The van der Waals surface area contributed by atoms with Gasteiger partial charge in [-0.3, -0.25) is 14.4 Å². The molecule has 0 aliphatic heterocycles. The number of carbonyl (C=O) groups excluding carboxylic acids is 3. The van der Waals surface area contributed by atoms with Gasteiger partial charge in [-0.05, 0) is 122 Å². The van der Waals surface area contributed by atoms with E-state index in [-0.39, 0.29) is 31.1 Å². The Hall–Kier alpha value is -4.45. The number of carbonyl (C=O) groups is 3. The lowest BCUT2D eigenvalue weighted by molar-refractivity contribution is -0.167. The number of ether oxygens (including phenoxy) is 3. The van der Waals surface area contributed by atoms with Crippen LogP contribution in [0.5, 0.6) is 0 Å². The van der Waals surface area contributed by atoms with Gasteiger partial charge in [0.2, 0.25) is 0 Å². The molecule has 0 aliphatic rings. The van der Waals surface area contributed by atoms with Crippen molar-refractivity contribution in [2.45, 2.75) is 303 Å². The van der Waals surface area contributed by atoms with Gasteiger partial charge in [-0.2, -0.15) is 0 Å². The van der Waals surface area contributed by atoms with E-state index in [4.69, 9.17) is 14.2 Å². The van der Waals surface area contributed by atoms with Gasteiger partial charge in [-0.25, -0.2) is 0 Å². The predicted octanol–water partition coefficient (Wildman–Crippen LogP) is 22.9. The molecule has 1 atom stereocenters. The lowest BCUT2D eigenvalue weighted by Crippen LogP contribution is -2.30. The minimum atomic E-state index is -0.793. The first-order chi connectivity index (χ1) is 39.5. The quantitative estimate of drug-likeness (QED) is 0.0261. The van der Waals surface area contributed by atoms with E-state index in [2.05, 4.69) is 154 Å². The third-order valence-corrected chi connectivity index (χ3v) is 13.9. The number of esters is 3. The van der Waals surface area contributed by atoms with Crippen LogP contribution in [0.3, 0.4) is 0 Å². The Balaban J connectivity index is 4.28. The Morgan fingerprint density at radius 2 is 0.487 bits per heavy atom. The minimum absolute atomic E-state index is 0.0880. The molecule has 0 aromatic rings. The summed E-state index contributed by atoms with van der Waals surface area (Å²) in [5.74, 6) is -0.916. The second-order valence-corrected chi connectivity index (χ2v) is 21.6. The van der Waals surface area contributed by atoms with Crippen molar-refractivity contribution in [1.82, 2.24) is 0 Å². The standard InChI is InChI=1S/C74H122O6/c1-4-7-10-13-16-19-22-24-26-28-29-30-31-32-33-34-35-36-37-38-39-40-41-42-43-44-45-47-48-50-52-55-58-61-64-67-73(76)79-70-71(69-78-72(75)66-63-60-57-54-21-18-15-12-9-6-3)80-74(77)68-65-62-59-56-53-51-49-46-27-25-23-20-17-14-11-8-5-2/h7,10,16,19,24-27,29-30,32-33,35-36,38-39,41-42,44-45,48,50,71H,4-6,8-9,11-15,17-18,20-23,28,31,34,37,40,43,46-47,49,51-70H2,1-3H3/b10-7-,19-16-,26-24-,27-25-,30-29-,33-32-,36-35-,39-38-,42-41-,45-44-,50-48-. The first kappa shape index (κ1) is 75.5. The Bertz CT molecular complexity index is 1700. The van der Waals surface area contributed by atoms with Gasteiger partial charge in [0.05, 0.1) is 0 Å². The van der Waals surface area contributed by atoms with Crippen LogP contribution in [0, 0.1) is 0 Å². The van der Waals surface area contributed by atoms with E-state index in [1.165, 1.54) is 122 Å². The van der Waals surface area contributed by atoms with Gasteiger partial charge in [-0.15, -0.1) is 0 Å². The maximum absolute atomic E-state index is 12.9. The Morgan fingerprint density at radius 3 is 0.775 bits per heavy atom. The first-order valence-corrected chi connectivity index (χ1v) is 33.2. The van der Waals surface area contributed by atoms with Gasteiger partial charge in [0.1, 0.15) is 13.2 Å². The summed E-state index contributed by atoms with van der Waals surface area (Å²) in [6.45, 7) is 6.49. The molecule has 0 fully saturated rings. The van der Waals surface area contributed by atoms with Gasteiger partial charge < -0.3 is 14.2 Å². The van der Waals surface area contributed by atoms with Crippen LogP contribution >= 0.6 is 0 Å². The highest BCUT2D eigenvalue weighted by molar-refractivity contribution is 5.71. The van der Waals surface area contributed by atoms with Crippen molar-refractivity contribution in [2.75, 3.05) is 13.2 Å². The molecular formula is C74H122O6. The molecule has 6 nitrogen and oxygen atoms in total. The van der Waals surface area contributed by atoms with Crippen molar-refractivity contribution in [3.05, 3.63) is 134 Å². The fourth-order valence-corrected chi connectivity index (χ4v) is 8.94. The highest BCUT2D eigenvalue weighted by atomic mass is 16.6. The second kappa shape index (κ2) is 67.1. The molecular weight excluding hydrogens is 985 g/mol. The molecule has 0 saturated carbocycles. The lowest BCUT2D eigenvalue weighted by Gasteiger charge is -2.18. The van der Waals surface area contributed by atoms with Gasteiger partial charge >= 0.3 is 17.9 Å². The van der Waals surface area contributed by atoms with Crippen LogP contribution in [0.1, 0.15) is 297 Å². The number of allylic oxidation sites excluding steroid dienone is 22. The molecule has 0 spiro atoms. The molecule has 0 amide bonds. The van der Waals surface area contributed by atoms with Gasteiger partial charge in [0, 0.05) is 19.3 Å². The summed E-state index contributed by atoms with van der Waals surface area (Å²) in [6.07, 6.45) is 94.7. The van der Waals surface area contributed by atoms with E-state index in [1.807, 2.05) is 0 Å². The topological polar surface area (TPSA) is 78.9 Å². The number of hydrogen-bond acceptors (Lipinski definition) is 6. The molecule has 6 heteroatoms. The monoisotopic (exact) mass is 1110 g/mol. The molecule has 0 rings (SSSR count). The van der Waals surface area contributed by atoms with Gasteiger partial charge in [-0.1, -0.05) is 289 Å². The summed E-state index contributed by atoms with van der Waals surface area (Å²) in [4.78, 5) is 38.2. The fraction of sp³-hybridized carbons (Fsp3) is 0.662. The molecule has 0 aromatic carbocycles. The van der Waals surface area contributed by atoms with Crippen molar-refractivity contribution in [1.29, 1.82) is 0 Å². The largest absolute Gasteiger partial charge is 0.462 e. The summed E-state index contributed by atoms with van der Waals surface area (Å²) < 4.78 is 16.9. The molecule has 1 unspecified atom stereocenters. The smallest absolute Gasteiger partial charge is 0.306 e. The number of rotatable bonds is 59. The van der Waals surface area contributed by atoms with Crippen LogP contribution in [0.2, 0.25) is 0 Å². The Morgan fingerprint density at radius 1 is 0.263 bits per heavy atom. The normalized spacial score (nSPS) is 13.0. The van der Waals surface area contributed by atoms with Crippen molar-refractivity contribution >= 4 is 17.9 Å². The summed E-state index contributed by atoms with van der Waals surface area (Å²) in [5.41, 5.74) is 0. The molecule has 0 aromatic heterocycles. The third-order valence-electron chi connectivity index (χ3n) is 13.9. The summed E-state index contributed by atoms with van der Waals surface area (Å²) >= 11 is 0. The summed E-state index contributed by atoms with van der Waals surface area (Å²) in [7, 11) is 0. The molecule has 0 heterocycles. The van der Waals surface area contributed by atoms with Crippen LogP contribution in [0.15, 0.2) is 134 Å². The Labute approximate surface area is 494 Å². The van der Waals surface area contributed by atoms with Crippen LogP contribution in [-0.4, -0.2) is 37.2 Å². The van der Waals surface area contributed by atoms with E-state index >= 15 is 0 Å². The summed E-state index contributed by atoms with van der Waals surface area (Å²) in [5, 5.41) is 0. The molecule has 0 N–H and O–H groups in total. The SMILES string of the molecule is CC/C=C\C/C=C\C/C=C\C/C=C\C/C=C\C/C=C\C/C=C\C/C=C\C/C=C\C/C=C\CCCCCCC(=O)OCC(COC(=O)CCCCCCCCCCCC)OC(=O)CCCCCCCCC/C=C\CCCCCCCC. The van der Waals surface area contributed by atoms with E-state index in [0.717, 1.165) is 135 Å². The van der Waals surface area contributed by atoms with E-state index < -0.39 is 6.10 Å². The van der Waals surface area contributed by atoms with Crippen molar-refractivity contribution in [2.24, 2.45) is 0 Å². The highest BCUT2D eigenvalue weighted by Gasteiger charge is 2.19. The molecule has 0 bridgehead atoms. The predicted molar refractivity (Wildman–Crippen MR) is 348 cm³/mol. The van der Waals surface area contributed by atoms with E-state index in [0.29, 0.717) is 19.3 Å². The van der Waals surface area contributed by atoms with Gasteiger partial charge in [0.25, 0.3) is 0 Å². The number of unbranched alkanes of at least 4 members (excludes halogenated alkanes) is 26. The summed E-state index contributed by atoms with van der Waals surface area (Å²) in [6, 6.07) is 0. The minimum Gasteiger partial charge on any atom is -0.462 e. The third kappa shape index (κ3) is 64.4.